The van der Waals surface area contributed by atoms with Gasteiger partial charge in [-0.2, -0.15) is 0 Å². The van der Waals surface area contributed by atoms with Gasteiger partial charge in [-0.15, -0.1) is 0 Å². The number of hydrogen-bond donors (Lipinski definition) is 0. The van der Waals surface area contributed by atoms with E-state index >= 15 is 0 Å². The van der Waals surface area contributed by atoms with Crippen LogP contribution in [0.2, 0.25) is 17.7 Å². The zero-order chi connectivity index (χ0) is 14.1. The second-order valence-electron chi connectivity index (χ2n) is 6.06. The van der Waals surface area contributed by atoms with Gasteiger partial charge in [-0.25, -0.2) is 0 Å². The first-order chi connectivity index (χ1) is 8.39. The fourth-order valence-corrected chi connectivity index (χ4v) is 19.8. The molecule has 0 unspecified atom stereocenters. The van der Waals surface area contributed by atoms with Crippen molar-refractivity contribution in [1.29, 1.82) is 0 Å². The van der Waals surface area contributed by atoms with Crippen LogP contribution in [0.15, 0.2) is 0 Å². The molecule has 0 bridgehead atoms. The summed E-state index contributed by atoms with van der Waals surface area (Å²) in [7, 11) is 0. The summed E-state index contributed by atoms with van der Waals surface area (Å²) < 4.78 is 31.0. The molecule has 0 aliphatic rings. The summed E-state index contributed by atoms with van der Waals surface area (Å²) in [6, 6.07) is 0. The molecule has 0 aromatic heterocycles. The van der Waals surface area contributed by atoms with Gasteiger partial charge in [0.1, 0.15) is 0 Å². The van der Waals surface area contributed by atoms with E-state index in [-0.39, 0.29) is 0 Å². The summed E-state index contributed by atoms with van der Waals surface area (Å²) in [6.07, 6.45) is 7.02. The van der Waals surface area contributed by atoms with Crippen LogP contribution in [0, 0.1) is 0 Å². The van der Waals surface area contributed by atoms with Crippen LogP contribution in [0.4, 0.5) is 8.78 Å². The Bertz CT molecular complexity index is 177. The fraction of sp³-hybridized carbons (Fsp3) is 1.00. The van der Waals surface area contributed by atoms with Crippen molar-refractivity contribution < 1.29 is 8.78 Å². The second-order valence-corrected chi connectivity index (χ2v) is 19.9. The third kappa shape index (κ3) is 8.71. The molecule has 0 saturated heterocycles. The second kappa shape index (κ2) is 9.54. The van der Waals surface area contributed by atoms with E-state index in [2.05, 4.69) is 20.8 Å². The van der Waals surface area contributed by atoms with E-state index in [1.54, 1.807) is 0 Å². The average Bonchev–Trinajstić information content (AvgIpc) is 2.29. The predicted molar refractivity (Wildman–Crippen MR) is 80.3 cm³/mol. The first-order valence-corrected chi connectivity index (χ1v) is 15.8. The molecule has 0 nitrogen and oxygen atoms in total. The molecular weight excluding hydrogens is 337 g/mol. The number of alkyl halides is 2. The number of rotatable bonds is 11. The van der Waals surface area contributed by atoms with E-state index in [1.165, 1.54) is 32.6 Å². The molecule has 3 heteroatoms. The van der Waals surface area contributed by atoms with Gasteiger partial charge in [-0.1, -0.05) is 0 Å². The van der Waals surface area contributed by atoms with Crippen molar-refractivity contribution >= 4 is 18.4 Å². The van der Waals surface area contributed by atoms with Crippen molar-refractivity contribution in [3.05, 3.63) is 0 Å². The van der Waals surface area contributed by atoms with Crippen molar-refractivity contribution in [3.8, 4) is 0 Å². The zero-order valence-corrected chi connectivity index (χ0v) is 15.7. The Balaban J connectivity index is 4.73. The number of hydrogen-bond acceptors (Lipinski definition) is 0. The molecule has 0 N–H and O–H groups in total. The Labute approximate surface area is 117 Å². The van der Waals surface area contributed by atoms with E-state index in [0.717, 1.165) is 26.2 Å². The molecule has 0 atom stereocenters. The first kappa shape index (κ1) is 18.7. The molecule has 0 aromatic carbocycles. The third-order valence-corrected chi connectivity index (χ3v) is 19.9. The average molecular weight is 369 g/mol. The van der Waals surface area contributed by atoms with Crippen LogP contribution in [0.1, 0.15) is 66.2 Å². The van der Waals surface area contributed by atoms with E-state index in [9.17, 15) is 8.78 Å². The Kier molecular flexibility index (Phi) is 9.89. The topological polar surface area (TPSA) is 0 Å². The van der Waals surface area contributed by atoms with Crippen LogP contribution >= 0.6 is 0 Å². The summed E-state index contributed by atoms with van der Waals surface area (Å²) in [5.41, 5.74) is 0. The van der Waals surface area contributed by atoms with Crippen LogP contribution in [0.25, 0.3) is 0 Å². The molecule has 0 radical (unpaired) electrons. The quantitative estimate of drug-likeness (QED) is 0.365. The summed E-state index contributed by atoms with van der Waals surface area (Å²) in [5.74, 6) is -2.43. The Morgan fingerprint density at radius 2 is 1.11 bits per heavy atom. The van der Waals surface area contributed by atoms with Gasteiger partial charge in [0, 0.05) is 0 Å². The van der Waals surface area contributed by atoms with Crippen LogP contribution in [-0.4, -0.2) is 24.3 Å². The van der Waals surface area contributed by atoms with E-state index in [4.69, 9.17) is 0 Å². The minimum atomic E-state index is -2.58. The van der Waals surface area contributed by atoms with Crippen LogP contribution in [0.3, 0.4) is 0 Å². The molecule has 0 saturated carbocycles. The molecule has 0 aliphatic carbocycles. The van der Waals surface area contributed by atoms with E-state index in [0.29, 0.717) is 4.44 Å². The SMILES string of the molecule is CCC[CH2][Sn]([CH2]CCC)([CH2]CCC)[CH2]C(C)(F)F. The summed E-state index contributed by atoms with van der Waals surface area (Å²) >= 11 is -2.58. The molecule has 0 amide bonds. The van der Waals surface area contributed by atoms with Crippen LogP contribution in [-0.2, 0) is 0 Å². The standard InChI is InChI=1S/3C4H9.C3H5F2.Sn/c3*1-3-4-2;1-3(2,4)5;/h3*1,3-4H2,2H3;1H2,2H3;. The number of halogens is 2. The molecule has 0 spiro atoms. The van der Waals surface area contributed by atoms with Crippen molar-refractivity contribution in [3.63, 3.8) is 0 Å². The normalized spacial score (nSPS) is 13.0. The monoisotopic (exact) mass is 370 g/mol. The van der Waals surface area contributed by atoms with Gasteiger partial charge < -0.3 is 0 Å². The van der Waals surface area contributed by atoms with Gasteiger partial charge in [0.2, 0.25) is 0 Å². The zero-order valence-electron chi connectivity index (χ0n) is 12.8. The third-order valence-electron chi connectivity index (χ3n) is 3.87. The summed E-state index contributed by atoms with van der Waals surface area (Å²) in [5, 5.41) is 0. The maximum absolute atomic E-state index is 13.6. The summed E-state index contributed by atoms with van der Waals surface area (Å²) in [6.45, 7) is 7.68. The van der Waals surface area contributed by atoms with Crippen molar-refractivity contribution in [2.45, 2.75) is 89.9 Å². The Morgan fingerprint density at radius 3 is 1.33 bits per heavy atom. The van der Waals surface area contributed by atoms with Crippen molar-refractivity contribution in [2.75, 3.05) is 0 Å². The van der Waals surface area contributed by atoms with Gasteiger partial charge in [-0.3, -0.25) is 0 Å². The van der Waals surface area contributed by atoms with Gasteiger partial charge in [0.15, 0.2) is 0 Å². The van der Waals surface area contributed by atoms with E-state index in [1.807, 2.05) is 0 Å². The molecule has 110 valence electrons. The summed E-state index contributed by atoms with van der Waals surface area (Å²) in [4.78, 5) is 0. The molecule has 0 aromatic rings. The van der Waals surface area contributed by atoms with E-state index < -0.39 is 24.3 Å². The maximum atomic E-state index is 13.6. The first-order valence-electron chi connectivity index (χ1n) is 7.77. The molecule has 0 aliphatic heterocycles. The molecule has 0 rings (SSSR count). The van der Waals surface area contributed by atoms with Crippen LogP contribution in [0.5, 0.6) is 0 Å². The predicted octanol–water partition coefficient (Wildman–Crippen LogP) is 6.49. The van der Waals surface area contributed by atoms with Gasteiger partial charge in [-0.05, 0) is 0 Å². The van der Waals surface area contributed by atoms with Crippen molar-refractivity contribution in [2.24, 2.45) is 0 Å². The van der Waals surface area contributed by atoms with Crippen LogP contribution < -0.4 is 0 Å². The molecule has 0 heterocycles. The Hall–Kier alpha value is 0.659. The van der Waals surface area contributed by atoms with Crippen molar-refractivity contribution in [1.82, 2.24) is 0 Å². The number of unbranched alkanes of at least 4 members (excludes halogenated alkanes) is 3. The minimum absolute atomic E-state index is 0.293. The molecule has 0 fully saturated rings. The molecular formula is C15H32F2Sn. The molecule has 18 heavy (non-hydrogen) atoms. The van der Waals surface area contributed by atoms with Gasteiger partial charge in [0.05, 0.1) is 0 Å². The fourth-order valence-electron chi connectivity index (χ4n) is 2.95. The Morgan fingerprint density at radius 1 is 0.778 bits per heavy atom. The van der Waals surface area contributed by atoms with Gasteiger partial charge >= 0.3 is 117 Å². The van der Waals surface area contributed by atoms with Gasteiger partial charge in [0.25, 0.3) is 0 Å².